The maximum Gasteiger partial charge on any atom is 0.348 e. The molecule has 1 aromatic heterocycles. The minimum absolute atomic E-state index is 0.0120. The van der Waals surface area contributed by atoms with E-state index in [1.54, 1.807) is 0 Å². The molecule has 7 heteroatoms. The predicted octanol–water partition coefficient (Wildman–Crippen LogP) is 3.72. The summed E-state index contributed by atoms with van der Waals surface area (Å²) in [4.78, 5) is 27.3. The summed E-state index contributed by atoms with van der Waals surface area (Å²) in [7, 11) is 0. The van der Waals surface area contributed by atoms with E-state index in [0.29, 0.717) is 18.1 Å². The quantitative estimate of drug-likeness (QED) is 0.536. The molecule has 0 bridgehead atoms. The largest absolute Gasteiger partial charge is 0.352 e. The Morgan fingerprint density at radius 1 is 1.18 bits per heavy atom. The van der Waals surface area contributed by atoms with Crippen LogP contribution in [0.2, 0.25) is 0 Å². The number of nitrogens with one attached hydrogen (secondary N) is 2. The van der Waals surface area contributed by atoms with Crippen LogP contribution in [0.4, 0.5) is 0 Å². The first-order valence-electron chi connectivity index (χ1n) is 9.10. The van der Waals surface area contributed by atoms with Crippen LogP contribution in [0.5, 0.6) is 0 Å². The average molecular weight is 490 g/mol. The number of carbonyl (C=O) groups is 1. The molecule has 0 spiro atoms. The molecule has 3 rings (SSSR count). The molecule has 0 unspecified atom stereocenters. The number of aromatic nitrogens is 3. The lowest BCUT2D eigenvalue weighted by Crippen LogP contribution is -2.27. The van der Waals surface area contributed by atoms with Crippen molar-refractivity contribution in [3.63, 3.8) is 0 Å². The minimum atomic E-state index is -0.284. The molecule has 0 aliphatic rings. The predicted molar refractivity (Wildman–Crippen MR) is 118 cm³/mol. The lowest BCUT2D eigenvalue weighted by atomic mass is 9.97. The van der Waals surface area contributed by atoms with Gasteiger partial charge in [0.15, 0.2) is 5.82 Å². The Morgan fingerprint density at radius 2 is 1.86 bits per heavy atom. The Kier molecular flexibility index (Phi) is 6.02. The molecule has 0 saturated carbocycles. The maximum atomic E-state index is 12.5. The highest BCUT2D eigenvalue weighted by atomic mass is 127. The molecule has 28 heavy (non-hydrogen) atoms. The van der Waals surface area contributed by atoms with Crippen molar-refractivity contribution >= 4 is 28.5 Å². The second-order valence-corrected chi connectivity index (χ2v) is 8.33. The van der Waals surface area contributed by atoms with E-state index in [0.717, 1.165) is 25.8 Å². The monoisotopic (exact) mass is 490 g/mol. The molecule has 0 aliphatic carbocycles. The van der Waals surface area contributed by atoms with E-state index in [-0.39, 0.29) is 17.5 Å². The van der Waals surface area contributed by atoms with Crippen molar-refractivity contribution in [3.8, 4) is 17.1 Å². The van der Waals surface area contributed by atoms with Crippen molar-refractivity contribution in [2.45, 2.75) is 34.2 Å². The van der Waals surface area contributed by atoms with Gasteiger partial charge >= 0.3 is 5.69 Å². The summed E-state index contributed by atoms with van der Waals surface area (Å²) in [6.07, 6.45) is 0. The molecule has 2 N–H and O–H groups in total. The molecule has 146 valence electrons. The van der Waals surface area contributed by atoms with E-state index >= 15 is 0 Å². The molecule has 3 aromatic rings. The van der Waals surface area contributed by atoms with Crippen LogP contribution < -0.4 is 11.0 Å². The summed E-state index contributed by atoms with van der Waals surface area (Å²) in [6, 6.07) is 11.6. The van der Waals surface area contributed by atoms with Crippen LogP contribution in [-0.2, 0) is 11.3 Å². The molecular weight excluding hydrogens is 467 g/mol. The molecule has 0 radical (unpaired) electrons. The fraction of sp³-hybridized carbons (Fsp3) is 0.286. The van der Waals surface area contributed by atoms with Crippen molar-refractivity contribution in [1.82, 2.24) is 20.1 Å². The van der Waals surface area contributed by atoms with Gasteiger partial charge in [-0.15, -0.1) is 5.10 Å². The fourth-order valence-corrected chi connectivity index (χ4v) is 3.39. The molecular formula is C21H23IN4O2. The topological polar surface area (TPSA) is 79.8 Å². The Bertz CT molecular complexity index is 1060. The highest BCUT2D eigenvalue weighted by molar-refractivity contribution is 14.1. The fourth-order valence-electron chi connectivity index (χ4n) is 3.03. The minimum Gasteiger partial charge on any atom is -0.352 e. The van der Waals surface area contributed by atoms with Crippen LogP contribution in [0.25, 0.3) is 17.1 Å². The van der Waals surface area contributed by atoms with Crippen molar-refractivity contribution in [3.05, 3.63) is 67.1 Å². The van der Waals surface area contributed by atoms with Crippen molar-refractivity contribution < 1.29 is 4.79 Å². The highest BCUT2D eigenvalue weighted by Gasteiger charge is 2.16. The molecule has 2 aromatic carbocycles. The van der Waals surface area contributed by atoms with Crippen molar-refractivity contribution in [2.75, 3.05) is 0 Å². The van der Waals surface area contributed by atoms with Gasteiger partial charge in [0.2, 0.25) is 5.91 Å². The number of rotatable bonds is 5. The van der Waals surface area contributed by atoms with E-state index in [2.05, 4.69) is 38.0 Å². The second-order valence-electron chi connectivity index (χ2n) is 7.08. The van der Waals surface area contributed by atoms with Crippen LogP contribution in [0.15, 0.2) is 41.2 Å². The van der Waals surface area contributed by atoms with Gasteiger partial charge in [-0.1, -0.05) is 26.0 Å². The average Bonchev–Trinajstić information content (AvgIpc) is 3.02. The molecule has 6 nitrogen and oxygen atoms in total. The van der Waals surface area contributed by atoms with Crippen molar-refractivity contribution in [2.24, 2.45) is 5.92 Å². The van der Waals surface area contributed by atoms with E-state index in [1.165, 1.54) is 4.68 Å². The van der Waals surface area contributed by atoms with Gasteiger partial charge in [0.25, 0.3) is 0 Å². The first kappa shape index (κ1) is 20.3. The molecule has 0 aliphatic heterocycles. The van der Waals surface area contributed by atoms with Gasteiger partial charge in [-0.2, -0.15) is 4.68 Å². The second kappa shape index (κ2) is 8.30. The van der Waals surface area contributed by atoms with Gasteiger partial charge in [-0.3, -0.25) is 9.78 Å². The van der Waals surface area contributed by atoms with Crippen LogP contribution in [0.3, 0.4) is 0 Å². The standard InChI is InChI=1S/C21H23IN4O2/c1-12(2)20(27)23-11-15-6-5-13(3)18(14(15)4)19-24-21(28)26(25-19)17-9-7-16(22)8-10-17/h5-10,12H,11H2,1-4H3,(H,23,27)(H,24,25,28). The van der Waals surface area contributed by atoms with Crippen LogP contribution in [0, 0.1) is 23.3 Å². The highest BCUT2D eigenvalue weighted by Crippen LogP contribution is 2.26. The first-order valence-corrected chi connectivity index (χ1v) is 10.2. The zero-order valence-corrected chi connectivity index (χ0v) is 18.5. The summed E-state index contributed by atoms with van der Waals surface area (Å²) >= 11 is 2.22. The Labute approximate surface area is 177 Å². The third-order valence-electron chi connectivity index (χ3n) is 4.69. The van der Waals surface area contributed by atoms with Crippen LogP contribution in [-0.4, -0.2) is 20.7 Å². The number of hydrogen-bond donors (Lipinski definition) is 2. The molecule has 1 heterocycles. The molecule has 0 saturated heterocycles. The van der Waals surface area contributed by atoms with Gasteiger partial charge in [0.1, 0.15) is 0 Å². The van der Waals surface area contributed by atoms with E-state index in [4.69, 9.17) is 0 Å². The number of nitrogens with zero attached hydrogens (tertiary/aromatic N) is 2. The number of benzene rings is 2. The lowest BCUT2D eigenvalue weighted by molar-refractivity contribution is -0.124. The molecule has 0 atom stereocenters. The van der Waals surface area contributed by atoms with Crippen molar-refractivity contribution in [1.29, 1.82) is 0 Å². The van der Waals surface area contributed by atoms with Gasteiger partial charge in [0, 0.05) is 21.6 Å². The number of aromatic amines is 1. The Hall–Kier alpha value is -2.42. The summed E-state index contributed by atoms with van der Waals surface area (Å²) in [5.41, 5.74) is 4.32. The number of aryl methyl sites for hydroxylation is 1. The first-order chi connectivity index (χ1) is 13.3. The normalized spacial score (nSPS) is 11.1. The summed E-state index contributed by atoms with van der Waals surface area (Å²) in [5, 5.41) is 7.47. The summed E-state index contributed by atoms with van der Waals surface area (Å²) < 4.78 is 2.46. The van der Waals surface area contributed by atoms with E-state index in [1.807, 2.05) is 64.1 Å². The third kappa shape index (κ3) is 4.19. The Balaban J connectivity index is 1.98. The lowest BCUT2D eigenvalue weighted by Gasteiger charge is -2.14. The van der Waals surface area contributed by atoms with E-state index < -0.39 is 0 Å². The molecule has 1 amide bonds. The number of hydrogen-bond acceptors (Lipinski definition) is 3. The number of H-pyrrole nitrogens is 1. The van der Waals surface area contributed by atoms with Crippen LogP contribution >= 0.6 is 22.6 Å². The number of amides is 1. The number of halogens is 1. The number of carbonyl (C=O) groups excluding carboxylic acids is 1. The van der Waals surface area contributed by atoms with Gasteiger partial charge in [-0.05, 0) is 77.4 Å². The third-order valence-corrected chi connectivity index (χ3v) is 5.41. The summed E-state index contributed by atoms with van der Waals surface area (Å²) in [6.45, 7) is 8.15. The van der Waals surface area contributed by atoms with Gasteiger partial charge in [0.05, 0.1) is 5.69 Å². The maximum absolute atomic E-state index is 12.5. The SMILES string of the molecule is Cc1ccc(CNC(=O)C(C)C)c(C)c1-c1nn(-c2ccc(I)cc2)c(=O)[nH]1. The van der Waals surface area contributed by atoms with Crippen LogP contribution in [0.1, 0.15) is 30.5 Å². The van der Waals surface area contributed by atoms with E-state index in [9.17, 15) is 9.59 Å². The zero-order valence-electron chi connectivity index (χ0n) is 16.3. The zero-order chi connectivity index (χ0) is 20.4. The Morgan fingerprint density at radius 3 is 2.50 bits per heavy atom. The van der Waals surface area contributed by atoms with Gasteiger partial charge in [-0.25, -0.2) is 4.79 Å². The smallest absolute Gasteiger partial charge is 0.348 e. The summed E-state index contributed by atoms with van der Waals surface area (Å²) in [5.74, 6) is 0.472. The molecule has 0 fully saturated rings. The van der Waals surface area contributed by atoms with Gasteiger partial charge < -0.3 is 5.32 Å².